The fourth-order valence-corrected chi connectivity index (χ4v) is 3.46. The zero-order valence-electron chi connectivity index (χ0n) is 11.8. The molecule has 0 spiro atoms. The van der Waals surface area contributed by atoms with Crippen molar-refractivity contribution < 1.29 is 0 Å². The molecule has 0 bridgehead atoms. The lowest BCUT2D eigenvalue weighted by Gasteiger charge is -2.32. The predicted molar refractivity (Wildman–Crippen MR) is 75.0 cm³/mol. The van der Waals surface area contributed by atoms with Crippen LogP contribution in [0.4, 0.5) is 0 Å². The summed E-state index contributed by atoms with van der Waals surface area (Å²) in [5, 5.41) is 0. The topological polar surface area (TPSA) is 38.1 Å². The van der Waals surface area contributed by atoms with E-state index in [1.807, 2.05) is 0 Å². The van der Waals surface area contributed by atoms with Gasteiger partial charge in [0, 0.05) is 32.2 Å². The van der Waals surface area contributed by atoms with Gasteiger partial charge in [0.25, 0.3) is 5.56 Å². The molecule has 0 saturated heterocycles. The van der Waals surface area contributed by atoms with Gasteiger partial charge in [-0.15, -0.1) is 0 Å². The van der Waals surface area contributed by atoms with Crippen LogP contribution in [-0.4, -0.2) is 27.5 Å². The Kier molecular flexibility index (Phi) is 3.69. The smallest absolute Gasteiger partial charge is 0.256 e. The molecule has 104 valence electrons. The average Bonchev–Trinajstić information content (AvgIpc) is 2.44. The van der Waals surface area contributed by atoms with Gasteiger partial charge in [-0.2, -0.15) is 0 Å². The molecule has 1 aromatic rings. The molecule has 4 heteroatoms. The van der Waals surface area contributed by atoms with E-state index in [-0.39, 0.29) is 5.56 Å². The summed E-state index contributed by atoms with van der Waals surface area (Å²) in [6.07, 6.45) is 9.49. The van der Waals surface area contributed by atoms with Gasteiger partial charge in [-0.25, -0.2) is 4.98 Å². The van der Waals surface area contributed by atoms with Crippen molar-refractivity contribution in [2.45, 2.75) is 45.1 Å². The average molecular weight is 261 g/mol. The number of hydrogen-bond acceptors (Lipinski definition) is 3. The lowest BCUT2D eigenvalue weighted by molar-refractivity contribution is 0.184. The molecular formula is C15H23N3O. The second-order valence-electron chi connectivity index (χ2n) is 6.08. The van der Waals surface area contributed by atoms with Gasteiger partial charge < -0.3 is 4.57 Å². The monoisotopic (exact) mass is 261 g/mol. The highest BCUT2D eigenvalue weighted by Gasteiger charge is 2.23. The van der Waals surface area contributed by atoms with Crippen molar-refractivity contribution in [3.63, 3.8) is 0 Å². The summed E-state index contributed by atoms with van der Waals surface area (Å²) in [5.74, 6) is 0.863. The quantitative estimate of drug-likeness (QED) is 0.813. The number of aromatic nitrogens is 2. The van der Waals surface area contributed by atoms with Crippen molar-refractivity contribution in [1.29, 1.82) is 0 Å². The van der Waals surface area contributed by atoms with Crippen molar-refractivity contribution in [2.75, 3.05) is 13.1 Å². The summed E-state index contributed by atoms with van der Waals surface area (Å²) in [5.41, 5.74) is 2.08. The first-order chi connectivity index (χ1) is 9.24. The molecule has 19 heavy (non-hydrogen) atoms. The molecule has 0 unspecified atom stereocenters. The Morgan fingerprint density at radius 1 is 1.32 bits per heavy atom. The second kappa shape index (κ2) is 5.45. The third-order valence-electron chi connectivity index (χ3n) is 4.61. The maximum absolute atomic E-state index is 12.0. The normalized spacial score (nSPS) is 21.3. The number of rotatable bonds is 2. The maximum Gasteiger partial charge on any atom is 0.256 e. The first-order valence-electron chi connectivity index (χ1n) is 7.50. The SMILES string of the molecule is Cn1cnc2c(c1=O)CCN(CC1CCCCC1)C2. The molecule has 0 atom stereocenters. The molecule has 2 heterocycles. The van der Waals surface area contributed by atoms with Crippen molar-refractivity contribution in [2.24, 2.45) is 13.0 Å². The van der Waals surface area contributed by atoms with Crippen molar-refractivity contribution in [3.05, 3.63) is 27.9 Å². The van der Waals surface area contributed by atoms with Crippen LogP contribution < -0.4 is 5.56 Å². The summed E-state index contributed by atoms with van der Waals surface area (Å²) in [7, 11) is 1.78. The van der Waals surface area contributed by atoms with Gasteiger partial charge in [-0.3, -0.25) is 9.69 Å². The fourth-order valence-electron chi connectivity index (χ4n) is 3.46. The Morgan fingerprint density at radius 2 is 2.11 bits per heavy atom. The molecular weight excluding hydrogens is 238 g/mol. The minimum Gasteiger partial charge on any atom is -0.302 e. The van der Waals surface area contributed by atoms with E-state index in [1.54, 1.807) is 17.9 Å². The van der Waals surface area contributed by atoms with Crippen LogP contribution in [0.1, 0.15) is 43.4 Å². The molecule has 1 aliphatic heterocycles. The van der Waals surface area contributed by atoms with Crippen LogP contribution in [0, 0.1) is 5.92 Å². The largest absolute Gasteiger partial charge is 0.302 e. The van der Waals surface area contributed by atoms with Crippen LogP contribution in [0.3, 0.4) is 0 Å². The van der Waals surface area contributed by atoms with Gasteiger partial charge in [0.2, 0.25) is 0 Å². The predicted octanol–water partition coefficient (Wildman–Crippen LogP) is 1.72. The molecule has 2 aliphatic rings. The molecule has 0 aromatic carbocycles. The number of nitrogens with zero attached hydrogens (tertiary/aromatic N) is 3. The van der Waals surface area contributed by atoms with E-state index >= 15 is 0 Å². The van der Waals surface area contributed by atoms with E-state index in [1.165, 1.54) is 38.6 Å². The van der Waals surface area contributed by atoms with Crippen LogP contribution >= 0.6 is 0 Å². The maximum atomic E-state index is 12.0. The van der Waals surface area contributed by atoms with Gasteiger partial charge in [-0.1, -0.05) is 19.3 Å². The Hall–Kier alpha value is -1.16. The van der Waals surface area contributed by atoms with Gasteiger partial charge in [0.1, 0.15) is 0 Å². The van der Waals surface area contributed by atoms with Crippen LogP contribution in [0.2, 0.25) is 0 Å². The van der Waals surface area contributed by atoms with Crippen LogP contribution in [-0.2, 0) is 20.0 Å². The molecule has 1 saturated carbocycles. The zero-order valence-corrected chi connectivity index (χ0v) is 11.8. The molecule has 3 rings (SSSR count). The van der Waals surface area contributed by atoms with Crippen molar-refractivity contribution >= 4 is 0 Å². The van der Waals surface area contributed by atoms with E-state index < -0.39 is 0 Å². The minimum absolute atomic E-state index is 0.141. The highest BCUT2D eigenvalue weighted by atomic mass is 16.1. The molecule has 0 amide bonds. The number of fused-ring (bicyclic) bond motifs is 1. The first-order valence-corrected chi connectivity index (χ1v) is 7.50. The molecule has 1 fully saturated rings. The fraction of sp³-hybridized carbons (Fsp3) is 0.733. The molecule has 0 radical (unpaired) electrons. The summed E-state index contributed by atoms with van der Waals surface area (Å²) in [6, 6.07) is 0. The lowest BCUT2D eigenvalue weighted by atomic mass is 9.88. The summed E-state index contributed by atoms with van der Waals surface area (Å²) in [6.45, 7) is 3.07. The van der Waals surface area contributed by atoms with Gasteiger partial charge in [0.15, 0.2) is 0 Å². The Bertz CT molecular complexity index is 503. The van der Waals surface area contributed by atoms with E-state index in [0.29, 0.717) is 0 Å². The first kappa shape index (κ1) is 12.9. The van der Waals surface area contributed by atoms with E-state index in [9.17, 15) is 4.79 Å². The highest BCUT2D eigenvalue weighted by molar-refractivity contribution is 5.19. The molecule has 4 nitrogen and oxygen atoms in total. The Morgan fingerprint density at radius 3 is 2.89 bits per heavy atom. The molecule has 1 aromatic heterocycles. The van der Waals surface area contributed by atoms with E-state index in [2.05, 4.69) is 9.88 Å². The Balaban J connectivity index is 1.68. The van der Waals surface area contributed by atoms with Crippen molar-refractivity contribution in [3.8, 4) is 0 Å². The second-order valence-corrected chi connectivity index (χ2v) is 6.08. The molecule has 1 aliphatic carbocycles. The summed E-state index contributed by atoms with van der Waals surface area (Å²) in [4.78, 5) is 18.9. The van der Waals surface area contributed by atoms with E-state index in [4.69, 9.17) is 0 Å². The van der Waals surface area contributed by atoms with Crippen LogP contribution in [0.25, 0.3) is 0 Å². The third kappa shape index (κ3) is 2.73. The number of hydrogen-bond donors (Lipinski definition) is 0. The van der Waals surface area contributed by atoms with Gasteiger partial charge in [0.05, 0.1) is 12.0 Å². The Labute approximate surface area is 114 Å². The zero-order chi connectivity index (χ0) is 13.2. The lowest BCUT2D eigenvalue weighted by Crippen LogP contribution is -2.39. The molecule has 0 N–H and O–H groups in total. The highest BCUT2D eigenvalue weighted by Crippen LogP contribution is 2.25. The number of aryl methyl sites for hydroxylation is 1. The minimum atomic E-state index is 0.141. The van der Waals surface area contributed by atoms with Crippen LogP contribution in [0.5, 0.6) is 0 Å². The third-order valence-corrected chi connectivity index (χ3v) is 4.61. The van der Waals surface area contributed by atoms with Crippen molar-refractivity contribution in [1.82, 2.24) is 14.5 Å². The summed E-state index contributed by atoms with van der Waals surface area (Å²) < 4.78 is 1.59. The standard InChI is InChI=1S/C15H23N3O/c1-17-11-16-14-10-18(8-7-13(14)15(17)19)9-12-5-3-2-4-6-12/h11-12H,2-10H2,1H3. The summed E-state index contributed by atoms with van der Waals surface area (Å²) >= 11 is 0. The van der Waals surface area contributed by atoms with E-state index in [0.717, 1.165) is 36.7 Å². The van der Waals surface area contributed by atoms with Gasteiger partial charge >= 0.3 is 0 Å². The van der Waals surface area contributed by atoms with Gasteiger partial charge in [-0.05, 0) is 25.2 Å². The van der Waals surface area contributed by atoms with Crippen LogP contribution in [0.15, 0.2) is 11.1 Å².